The van der Waals surface area contributed by atoms with Crippen molar-refractivity contribution < 1.29 is 19.4 Å². The first-order valence-corrected chi connectivity index (χ1v) is 8.22. The summed E-state index contributed by atoms with van der Waals surface area (Å²) in [6.45, 7) is 3.38. The van der Waals surface area contributed by atoms with Crippen LogP contribution in [0.3, 0.4) is 0 Å². The van der Waals surface area contributed by atoms with Crippen molar-refractivity contribution >= 4 is 17.6 Å². The largest absolute Gasteiger partial charge is 0.480 e. The molecule has 0 unspecified atom stereocenters. The quantitative estimate of drug-likeness (QED) is 0.831. The van der Waals surface area contributed by atoms with E-state index in [1.54, 1.807) is 11.9 Å². The second-order valence-electron chi connectivity index (χ2n) is 6.32. The number of amides is 1. The number of nitrogens with zero attached hydrogens (tertiary/aromatic N) is 2. The van der Waals surface area contributed by atoms with Gasteiger partial charge in [-0.3, -0.25) is 14.5 Å². The fourth-order valence-electron chi connectivity index (χ4n) is 3.40. The second-order valence-corrected chi connectivity index (χ2v) is 6.32. The third kappa shape index (κ3) is 3.52. The highest BCUT2D eigenvalue weighted by molar-refractivity contribution is 6.00. The summed E-state index contributed by atoms with van der Waals surface area (Å²) in [4.78, 5) is 27.8. The van der Waals surface area contributed by atoms with Gasteiger partial charge in [0.15, 0.2) is 0 Å². The van der Waals surface area contributed by atoms with E-state index in [9.17, 15) is 14.7 Å². The van der Waals surface area contributed by atoms with Gasteiger partial charge in [-0.15, -0.1) is 0 Å². The number of likely N-dealkylation sites (tertiary alicyclic amines) is 1. The molecule has 1 aromatic carbocycles. The van der Waals surface area contributed by atoms with E-state index >= 15 is 0 Å². The highest BCUT2D eigenvalue weighted by atomic mass is 16.5. The Balaban J connectivity index is 1.70. The van der Waals surface area contributed by atoms with Crippen molar-refractivity contribution in [3.8, 4) is 0 Å². The van der Waals surface area contributed by atoms with Crippen LogP contribution < -0.4 is 10.2 Å². The number of benzene rings is 1. The third-order valence-corrected chi connectivity index (χ3v) is 4.67. The molecule has 7 nitrogen and oxygen atoms in total. The summed E-state index contributed by atoms with van der Waals surface area (Å²) in [5, 5.41) is 12.2. The van der Waals surface area contributed by atoms with Crippen LogP contribution in [0.15, 0.2) is 24.3 Å². The van der Waals surface area contributed by atoms with Gasteiger partial charge in [0, 0.05) is 31.4 Å². The average Bonchev–Trinajstić information content (AvgIpc) is 2.96. The number of carbonyl (C=O) groups is 2. The minimum atomic E-state index is -0.844. The number of ether oxygens (including phenoxy) is 1. The SMILES string of the molecule is CN1C[C@@H](NC(=O)c2ccccc2N2CCOCC2)C[C@H]1C(=O)O. The van der Waals surface area contributed by atoms with Gasteiger partial charge in [-0.25, -0.2) is 0 Å². The maximum absolute atomic E-state index is 12.7. The van der Waals surface area contributed by atoms with Crippen LogP contribution in [0.5, 0.6) is 0 Å². The van der Waals surface area contributed by atoms with Crippen molar-refractivity contribution in [2.75, 3.05) is 44.8 Å². The summed E-state index contributed by atoms with van der Waals surface area (Å²) in [7, 11) is 1.77. The first-order valence-electron chi connectivity index (χ1n) is 8.22. The Morgan fingerprint density at radius 1 is 1.25 bits per heavy atom. The molecule has 0 aliphatic carbocycles. The summed E-state index contributed by atoms with van der Waals surface area (Å²) in [5.41, 5.74) is 1.53. The Morgan fingerprint density at radius 2 is 1.96 bits per heavy atom. The van der Waals surface area contributed by atoms with E-state index in [-0.39, 0.29) is 11.9 Å². The molecule has 2 saturated heterocycles. The molecule has 3 rings (SSSR count). The molecule has 0 bridgehead atoms. The van der Waals surface area contributed by atoms with Crippen LogP contribution in [-0.2, 0) is 9.53 Å². The Morgan fingerprint density at radius 3 is 2.62 bits per heavy atom. The number of aliphatic carboxylic acids is 1. The standard InChI is InChI=1S/C17H23N3O4/c1-19-11-12(10-15(19)17(22)23)18-16(21)13-4-2-3-5-14(13)20-6-8-24-9-7-20/h2-5,12,15H,6-11H2,1H3,(H,18,21)(H,22,23)/t12-,15-/m0/s1. The van der Waals surface area contributed by atoms with Crippen molar-refractivity contribution in [1.29, 1.82) is 0 Å². The maximum Gasteiger partial charge on any atom is 0.320 e. The van der Waals surface area contributed by atoms with Gasteiger partial charge in [-0.05, 0) is 25.6 Å². The number of hydrogen-bond acceptors (Lipinski definition) is 5. The molecule has 130 valence electrons. The van der Waals surface area contributed by atoms with Crippen molar-refractivity contribution in [3.05, 3.63) is 29.8 Å². The van der Waals surface area contributed by atoms with Gasteiger partial charge >= 0.3 is 5.97 Å². The monoisotopic (exact) mass is 333 g/mol. The summed E-state index contributed by atoms with van der Waals surface area (Å²) in [5.74, 6) is -0.996. The number of carboxylic acid groups (broad SMARTS) is 1. The van der Waals surface area contributed by atoms with E-state index in [0.29, 0.717) is 31.7 Å². The van der Waals surface area contributed by atoms with E-state index in [2.05, 4.69) is 10.2 Å². The van der Waals surface area contributed by atoms with Gasteiger partial charge in [0.1, 0.15) is 6.04 Å². The lowest BCUT2D eigenvalue weighted by molar-refractivity contribution is -0.141. The Hall–Kier alpha value is -2.12. The Labute approximate surface area is 141 Å². The molecule has 2 heterocycles. The molecule has 0 saturated carbocycles. The minimum absolute atomic E-state index is 0.151. The molecule has 2 atom stereocenters. The summed E-state index contributed by atoms with van der Waals surface area (Å²) in [6.07, 6.45) is 0.428. The number of para-hydroxylation sites is 1. The van der Waals surface area contributed by atoms with Crippen molar-refractivity contribution in [2.45, 2.75) is 18.5 Å². The van der Waals surface area contributed by atoms with Crippen LogP contribution in [0.2, 0.25) is 0 Å². The Bertz CT molecular complexity index is 616. The van der Waals surface area contributed by atoms with E-state index in [0.717, 1.165) is 18.8 Å². The van der Waals surface area contributed by atoms with Gasteiger partial charge in [-0.2, -0.15) is 0 Å². The average molecular weight is 333 g/mol. The molecule has 2 aliphatic rings. The van der Waals surface area contributed by atoms with Gasteiger partial charge < -0.3 is 20.1 Å². The lowest BCUT2D eigenvalue weighted by Gasteiger charge is -2.30. The van der Waals surface area contributed by atoms with Crippen LogP contribution in [0, 0.1) is 0 Å². The lowest BCUT2D eigenvalue weighted by Crippen LogP contribution is -2.40. The predicted molar refractivity (Wildman–Crippen MR) is 89.4 cm³/mol. The van der Waals surface area contributed by atoms with Gasteiger partial charge in [0.05, 0.1) is 18.8 Å². The van der Waals surface area contributed by atoms with Crippen LogP contribution in [0.1, 0.15) is 16.8 Å². The molecule has 0 radical (unpaired) electrons. The van der Waals surface area contributed by atoms with Crippen molar-refractivity contribution in [3.63, 3.8) is 0 Å². The van der Waals surface area contributed by atoms with E-state index in [1.807, 2.05) is 24.3 Å². The van der Waals surface area contributed by atoms with Crippen LogP contribution in [0.25, 0.3) is 0 Å². The molecule has 2 aliphatic heterocycles. The normalized spacial score (nSPS) is 24.8. The van der Waals surface area contributed by atoms with Crippen molar-refractivity contribution in [2.24, 2.45) is 0 Å². The third-order valence-electron chi connectivity index (χ3n) is 4.67. The zero-order valence-corrected chi connectivity index (χ0v) is 13.8. The Kier molecular flexibility index (Phi) is 5.01. The number of carbonyl (C=O) groups excluding carboxylic acids is 1. The molecule has 2 fully saturated rings. The molecule has 2 N–H and O–H groups in total. The number of hydrogen-bond donors (Lipinski definition) is 2. The maximum atomic E-state index is 12.7. The molecule has 0 spiro atoms. The lowest BCUT2D eigenvalue weighted by atomic mass is 10.1. The molecule has 1 aromatic rings. The summed E-state index contributed by atoms with van der Waals surface area (Å²) >= 11 is 0. The van der Waals surface area contributed by atoms with Crippen LogP contribution in [0.4, 0.5) is 5.69 Å². The minimum Gasteiger partial charge on any atom is -0.480 e. The number of nitrogens with one attached hydrogen (secondary N) is 1. The zero-order chi connectivity index (χ0) is 17.1. The first-order chi connectivity index (χ1) is 11.6. The fraction of sp³-hybridized carbons (Fsp3) is 0.529. The molecule has 0 aromatic heterocycles. The van der Waals surface area contributed by atoms with Crippen LogP contribution in [-0.4, -0.2) is 73.9 Å². The first kappa shape index (κ1) is 16.7. The van der Waals surface area contributed by atoms with Crippen molar-refractivity contribution in [1.82, 2.24) is 10.2 Å². The number of likely N-dealkylation sites (N-methyl/N-ethyl adjacent to an activating group) is 1. The predicted octanol–water partition coefficient (Wildman–Crippen LogP) is 0.410. The van der Waals surface area contributed by atoms with E-state index in [4.69, 9.17) is 4.74 Å². The molecule has 7 heteroatoms. The smallest absolute Gasteiger partial charge is 0.320 e. The molecule has 1 amide bonds. The fourth-order valence-corrected chi connectivity index (χ4v) is 3.40. The van der Waals surface area contributed by atoms with Gasteiger partial charge in [0.2, 0.25) is 0 Å². The number of rotatable bonds is 4. The van der Waals surface area contributed by atoms with E-state index in [1.165, 1.54) is 0 Å². The van der Waals surface area contributed by atoms with Gasteiger partial charge in [-0.1, -0.05) is 12.1 Å². The molecular weight excluding hydrogens is 310 g/mol. The summed E-state index contributed by atoms with van der Waals surface area (Å²) < 4.78 is 5.37. The molecular formula is C17H23N3O4. The highest BCUT2D eigenvalue weighted by Gasteiger charge is 2.35. The highest BCUT2D eigenvalue weighted by Crippen LogP contribution is 2.23. The number of carboxylic acids is 1. The number of anilines is 1. The topological polar surface area (TPSA) is 82.1 Å². The van der Waals surface area contributed by atoms with Gasteiger partial charge in [0.25, 0.3) is 5.91 Å². The molecule has 24 heavy (non-hydrogen) atoms. The van der Waals surface area contributed by atoms with E-state index < -0.39 is 12.0 Å². The zero-order valence-electron chi connectivity index (χ0n) is 13.8. The summed E-state index contributed by atoms with van der Waals surface area (Å²) in [6, 6.07) is 6.84. The number of morpholine rings is 1. The second kappa shape index (κ2) is 7.19. The van der Waals surface area contributed by atoms with Crippen LogP contribution >= 0.6 is 0 Å².